The van der Waals surface area contributed by atoms with E-state index in [2.05, 4.69) is 0 Å². The van der Waals surface area contributed by atoms with Gasteiger partial charge in [-0.15, -0.1) is 0 Å². The fourth-order valence-corrected chi connectivity index (χ4v) is 2.67. The number of carbonyl (C=O) groups excluding carboxylic acids is 3. The van der Waals surface area contributed by atoms with Crippen LogP contribution in [-0.4, -0.2) is 29.2 Å². The Bertz CT molecular complexity index is 827. The predicted molar refractivity (Wildman–Crippen MR) is 97.0 cm³/mol. The second kappa shape index (κ2) is 6.75. The summed E-state index contributed by atoms with van der Waals surface area (Å²) in [5.74, 6) is -0.312. The van der Waals surface area contributed by atoms with Crippen molar-refractivity contribution in [2.45, 2.75) is 27.2 Å². The van der Waals surface area contributed by atoms with E-state index in [1.807, 2.05) is 12.1 Å². The predicted octanol–water partition coefficient (Wildman–Crippen LogP) is 3.48. The summed E-state index contributed by atoms with van der Waals surface area (Å²) in [6, 6.07) is 14.0. The number of fused-ring (bicyclic) bond motifs is 1. The van der Waals surface area contributed by atoms with Crippen LogP contribution in [0, 0.1) is 5.41 Å². The van der Waals surface area contributed by atoms with E-state index in [0.717, 1.165) is 5.56 Å². The van der Waals surface area contributed by atoms with Crippen molar-refractivity contribution in [1.29, 1.82) is 0 Å². The monoisotopic (exact) mass is 351 g/mol. The van der Waals surface area contributed by atoms with Gasteiger partial charge in [0.2, 0.25) is 0 Å². The first-order valence-corrected chi connectivity index (χ1v) is 8.54. The van der Waals surface area contributed by atoms with Gasteiger partial charge in [0.25, 0.3) is 11.8 Å². The molecule has 0 radical (unpaired) electrons. The summed E-state index contributed by atoms with van der Waals surface area (Å²) in [5.41, 5.74) is 1.31. The van der Waals surface area contributed by atoms with E-state index >= 15 is 0 Å². The first-order chi connectivity index (χ1) is 12.3. The summed E-state index contributed by atoms with van der Waals surface area (Å²) < 4.78 is 5.33. The Balaban J connectivity index is 1.62. The molecule has 0 fully saturated rings. The van der Waals surface area contributed by atoms with Crippen molar-refractivity contribution in [3.63, 3.8) is 0 Å². The summed E-state index contributed by atoms with van der Waals surface area (Å²) in [4.78, 5) is 37.9. The van der Waals surface area contributed by atoms with Crippen molar-refractivity contribution in [2.24, 2.45) is 5.41 Å². The van der Waals surface area contributed by atoms with Crippen LogP contribution in [0.1, 0.15) is 47.1 Å². The molecule has 0 N–H and O–H groups in total. The molecular weight excluding hydrogens is 330 g/mol. The number of nitrogens with zero attached hydrogens (tertiary/aromatic N) is 1. The highest BCUT2D eigenvalue weighted by Gasteiger charge is 2.34. The van der Waals surface area contributed by atoms with Gasteiger partial charge in [-0.3, -0.25) is 19.3 Å². The van der Waals surface area contributed by atoms with Crippen LogP contribution in [-0.2, 0) is 11.2 Å². The lowest BCUT2D eigenvalue weighted by atomic mass is 9.97. The maximum Gasteiger partial charge on any atom is 0.316 e. The minimum absolute atomic E-state index is 0.249. The van der Waals surface area contributed by atoms with Gasteiger partial charge in [0, 0.05) is 6.54 Å². The van der Waals surface area contributed by atoms with E-state index in [9.17, 15) is 14.4 Å². The zero-order valence-corrected chi connectivity index (χ0v) is 15.1. The molecule has 1 aliphatic rings. The normalized spacial score (nSPS) is 13.7. The molecule has 0 unspecified atom stereocenters. The fourth-order valence-electron chi connectivity index (χ4n) is 2.67. The van der Waals surface area contributed by atoms with Gasteiger partial charge in [0.1, 0.15) is 5.75 Å². The molecule has 0 atom stereocenters. The van der Waals surface area contributed by atoms with E-state index in [-0.39, 0.29) is 17.8 Å². The average Bonchev–Trinajstić information content (AvgIpc) is 2.85. The van der Waals surface area contributed by atoms with Crippen LogP contribution in [0.3, 0.4) is 0 Å². The summed E-state index contributed by atoms with van der Waals surface area (Å²) in [6.45, 7) is 5.71. The van der Waals surface area contributed by atoms with Crippen LogP contribution in [0.2, 0.25) is 0 Å². The molecule has 2 aromatic carbocycles. The van der Waals surface area contributed by atoms with Crippen LogP contribution in [0.25, 0.3) is 0 Å². The van der Waals surface area contributed by atoms with Gasteiger partial charge in [-0.25, -0.2) is 0 Å². The number of esters is 1. The van der Waals surface area contributed by atoms with Gasteiger partial charge >= 0.3 is 5.97 Å². The molecule has 5 nitrogen and oxygen atoms in total. The zero-order chi connectivity index (χ0) is 18.9. The standard InChI is InChI=1S/C21H21NO4/c1-21(2,3)20(25)26-15-10-8-14(9-11-15)12-13-22-18(23)16-6-4-5-7-17(16)19(22)24/h4-11H,12-13H2,1-3H3. The minimum Gasteiger partial charge on any atom is -0.426 e. The first-order valence-electron chi connectivity index (χ1n) is 8.54. The molecule has 0 bridgehead atoms. The smallest absolute Gasteiger partial charge is 0.316 e. The first kappa shape index (κ1) is 17.9. The Morgan fingerprint density at radius 3 is 1.96 bits per heavy atom. The van der Waals surface area contributed by atoms with Crippen molar-refractivity contribution in [3.8, 4) is 5.75 Å². The van der Waals surface area contributed by atoms with E-state index in [0.29, 0.717) is 29.8 Å². The van der Waals surface area contributed by atoms with Gasteiger partial charge < -0.3 is 4.74 Å². The van der Waals surface area contributed by atoms with Crippen molar-refractivity contribution in [3.05, 3.63) is 65.2 Å². The summed E-state index contributed by atoms with van der Waals surface area (Å²) >= 11 is 0. The number of ether oxygens (including phenoxy) is 1. The SMILES string of the molecule is CC(C)(C)C(=O)Oc1ccc(CCN2C(=O)c3ccccc3C2=O)cc1. The maximum atomic E-state index is 12.3. The molecule has 0 saturated heterocycles. The molecule has 0 aromatic heterocycles. The van der Waals surface area contributed by atoms with E-state index in [1.165, 1.54) is 4.90 Å². The molecule has 5 heteroatoms. The second-order valence-electron chi connectivity index (χ2n) is 7.34. The molecule has 0 aliphatic carbocycles. The average molecular weight is 351 g/mol. The number of hydrogen-bond donors (Lipinski definition) is 0. The Morgan fingerprint density at radius 1 is 0.923 bits per heavy atom. The summed E-state index contributed by atoms with van der Waals surface area (Å²) in [5, 5.41) is 0. The fraction of sp³-hybridized carbons (Fsp3) is 0.286. The Labute approximate surface area is 152 Å². The lowest BCUT2D eigenvalue weighted by molar-refractivity contribution is -0.143. The third-order valence-electron chi connectivity index (χ3n) is 4.25. The van der Waals surface area contributed by atoms with Crippen LogP contribution >= 0.6 is 0 Å². The van der Waals surface area contributed by atoms with Gasteiger partial charge in [0.15, 0.2) is 0 Å². The molecular formula is C21H21NO4. The van der Waals surface area contributed by atoms with Crippen LogP contribution in [0.5, 0.6) is 5.75 Å². The molecule has 26 heavy (non-hydrogen) atoms. The molecule has 1 aliphatic heterocycles. The number of carbonyl (C=O) groups is 3. The third kappa shape index (κ3) is 3.52. The largest absolute Gasteiger partial charge is 0.426 e. The van der Waals surface area contributed by atoms with E-state index in [1.54, 1.807) is 57.2 Å². The van der Waals surface area contributed by atoms with Crippen molar-refractivity contribution >= 4 is 17.8 Å². The van der Waals surface area contributed by atoms with Crippen LogP contribution < -0.4 is 4.74 Å². The highest BCUT2D eigenvalue weighted by Crippen LogP contribution is 2.23. The van der Waals surface area contributed by atoms with Gasteiger partial charge in [-0.2, -0.15) is 0 Å². The quantitative estimate of drug-likeness (QED) is 0.481. The summed E-state index contributed by atoms with van der Waals surface area (Å²) in [6.07, 6.45) is 0.541. The Kier molecular flexibility index (Phi) is 4.64. The molecule has 0 spiro atoms. The maximum absolute atomic E-state index is 12.3. The number of hydrogen-bond acceptors (Lipinski definition) is 4. The molecule has 3 rings (SSSR count). The number of rotatable bonds is 4. The lowest BCUT2D eigenvalue weighted by Crippen LogP contribution is -2.31. The third-order valence-corrected chi connectivity index (χ3v) is 4.25. The molecule has 0 saturated carbocycles. The highest BCUT2D eigenvalue weighted by molar-refractivity contribution is 6.21. The Morgan fingerprint density at radius 2 is 1.46 bits per heavy atom. The van der Waals surface area contributed by atoms with Crippen molar-refractivity contribution in [2.75, 3.05) is 6.54 Å². The van der Waals surface area contributed by atoms with E-state index < -0.39 is 5.41 Å². The number of imide groups is 1. The van der Waals surface area contributed by atoms with E-state index in [4.69, 9.17) is 4.74 Å². The molecule has 2 amide bonds. The summed E-state index contributed by atoms with van der Waals surface area (Å²) in [7, 11) is 0. The molecule has 134 valence electrons. The Hall–Kier alpha value is -2.95. The number of amides is 2. The molecule has 2 aromatic rings. The zero-order valence-electron chi connectivity index (χ0n) is 15.1. The molecule has 1 heterocycles. The highest BCUT2D eigenvalue weighted by atomic mass is 16.5. The van der Waals surface area contributed by atoms with Gasteiger partial charge in [-0.05, 0) is 57.0 Å². The lowest BCUT2D eigenvalue weighted by Gasteiger charge is -2.16. The second-order valence-corrected chi connectivity index (χ2v) is 7.34. The minimum atomic E-state index is -0.565. The van der Waals surface area contributed by atoms with Crippen molar-refractivity contribution < 1.29 is 19.1 Å². The van der Waals surface area contributed by atoms with Crippen LogP contribution in [0.15, 0.2) is 48.5 Å². The van der Waals surface area contributed by atoms with Gasteiger partial charge in [0.05, 0.1) is 16.5 Å². The topological polar surface area (TPSA) is 63.7 Å². The van der Waals surface area contributed by atoms with Gasteiger partial charge in [-0.1, -0.05) is 24.3 Å². The van der Waals surface area contributed by atoms with Crippen LogP contribution in [0.4, 0.5) is 0 Å². The van der Waals surface area contributed by atoms with Crippen molar-refractivity contribution in [1.82, 2.24) is 4.90 Å². The number of benzene rings is 2.